The first kappa shape index (κ1) is 15.3. The van der Waals surface area contributed by atoms with Crippen molar-refractivity contribution in [2.45, 2.75) is 20.1 Å². The van der Waals surface area contributed by atoms with Gasteiger partial charge in [-0.3, -0.25) is 4.98 Å². The Balaban J connectivity index is 1.87. The number of aryl methyl sites for hydroxylation is 1. The highest BCUT2D eigenvalue weighted by molar-refractivity contribution is 5.68. The number of nitrogens with zero attached hydrogens (tertiary/aromatic N) is 1. The summed E-state index contributed by atoms with van der Waals surface area (Å²) >= 11 is 0. The van der Waals surface area contributed by atoms with Gasteiger partial charge < -0.3 is 9.84 Å². The fourth-order valence-electron chi connectivity index (χ4n) is 2.50. The monoisotopic (exact) mass is 305 g/mol. The number of ether oxygens (including phenoxy) is 1. The Bertz CT molecular complexity index is 785. The number of rotatable bonds is 5. The van der Waals surface area contributed by atoms with E-state index in [9.17, 15) is 5.11 Å². The van der Waals surface area contributed by atoms with Crippen molar-refractivity contribution < 1.29 is 9.84 Å². The van der Waals surface area contributed by atoms with Crippen molar-refractivity contribution in [3.8, 4) is 16.9 Å². The van der Waals surface area contributed by atoms with Crippen LogP contribution >= 0.6 is 0 Å². The zero-order valence-corrected chi connectivity index (χ0v) is 13.1. The number of pyridine rings is 1. The molecule has 0 saturated heterocycles. The first-order chi connectivity index (χ1) is 11.3. The van der Waals surface area contributed by atoms with Gasteiger partial charge in [0.1, 0.15) is 12.4 Å². The van der Waals surface area contributed by atoms with Gasteiger partial charge in [-0.25, -0.2) is 0 Å². The number of aliphatic hydroxyl groups excluding tert-OH is 1. The Labute approximate surface area is 136 Å². The van der Waals surface area contributed by atoms with Crippen LogP contribution in [0.25, 0.3) is 11.1 Å². The summed E-state index contributed by atoms with van der Waals surface area (Å²) < 4.78 is 5.88. The molecule has 0 radical (unpaired) electrons. The maximum atomic E-state index is 9.59. The molecule has 3 rings (SSSR count). The number of aromatic nitrogens is 1. The number of hydrogen-bond donors (Lipinski definition) is 1. The topological polar surface area (TPSA) is 42.4 Å². The van der Waals surface area contributed by atoms with Crippen LogP contribution in [0, 0.1) is 6.92 Å². The second-order valence-corrected chi connectivity index (χ2v) is 5.50. The van der Waals surface area contributed by atoms with Crippen molar-refractivity contribution in [1.29, 1.82) is 0 Å². The van der Waals surface area contributed by atoms with E-state index in [2.05, 4.69) is 11.1 Å². The summed E-state index contributed by atoms with van der Waals surface area (Å²) in [5, 5.41) is 9.59. The normalized spacial score (nSPS) is 10.5. The zero-order chi connectivity index (χ0) is 16.1. The minimum Gasteiger partial charge on any atom is -0.489 e. The molecule has 0 spiro atoms. The molecule has 0 unspecified atom stereocenters. The Morgan fingerprint density at radius 1 is 1.00 bits per heavy atom. The zero-order valence-electron chi connectivity index (χ0n) is 13.1. The Hall–Kier alpha value is -2.65. The Morgan fingerprint density at radius 2 is 1.83 bits per heavy atom. The molecule has 1 aromatic heterocycles. The molecule has 0 fully saturated rings. The Kier molecular flexibility index (Phi) is 4.69. The van der Waals surface area contributed by atoms with Crippen LogP contribution in [-0.2, 0) is 13.2 Å². The van der Waals surface area contributed by atoms with Crippen LogP contribution in [0.15, 0.2) is 67.0 Å². The van der Waals surface area contributed by atoms with Crippen molar-refractivity contribution in [3.63, 3.8) is 0 Å². The van der Waals surface area contributed by atoms with Gasteiger partial charge in [0.25, 0.3) is 0 Å². The molecule has 0 bridgehead atoms. The number of benzene rings is 2. The van der Waals surface area contributed by atoms with Gasteiger partial charge in [-0.1, -0.05) is 36.4 Å². The van der Waals surface area contributed by atoms with Gasteiger partial charge in [0, 0.05) is 18.0 Å². The quantitative estimate of drug-likeness (QED) is 0.770. The molecule has 116 valence electrons. The van der Waals surface area contributed by atoms with E-state index in [0.717, 1.165) is 33.6 Å². The fraction of sp³-hybridized carbons (Fsp3) is 0.150. The molecule has 0 aliphatic heterocycles. The maximum Gasteiger partial charge on any atom is 0.120 e. The van der Waals surface area contributed by atoms with Crippen LogP contribution in [0.5, 0.6) is 5.75 Å². The number of aliphatic hydroxyl groups is 1. The largest absolute Gasteiger partial charge is 0.489 e. The van der Waals surface area contributed by atoms with E-state index in [1.165, 1.54) is 0 Å². The minimum atomic E-state index is -0.0117. The van der Waals surface area contributed by atoms with E-state index < -0.39 is 0 Å². The molecule has 0 amide bonds. The molecule has 1 N–H and O–H groups in total. The van der Waals surface area contributed by atoms with Gasteiger partial charge in [0.15, 0.2) is 0 Å². The van der Waals surface area contributed by atoms with E-state index in [1.807, 2.05) is 67.8 Å². The molecule has 0 atom stereocenters. The van der Waals surface area contributed by atoms with Crippen molar-refractivity contribution in [1.82, 2.24) is 4.98 Å². The third-order valence-electron chi connectivity index (χ3n) is 3.69. The highest BCUT2D eigenvalue weighted by Gasteiger charge is 2.08. The predicted molar refractivity (Wildman–Crippen MR) is 91.1 cm³/mol. The summed E-state index contributed by atoms with van der Waals surface area (Å²) in [6, 6.07) is 17.9. The molecule has 0 saturated carbocycles. The van der Waals surface area contributed by atoms with Crippen molar-refractivity contribution >= 4 is 0 Å². The molecule has 3 heteroatoms. The molecule has 0 aliphatic carbocycles. The van der Waals surface area contributed by atoms with Gasteiger partial charge in [0.05, 0.1) is 6.61 Å². The SMILES string of the molecule is Cc1cncc(-c2cc(OCc3ccccc3)ccc2CO)c1. The van der Waals surface area contributed by atoms with Gasteiger partial charge in [0.2, 0.25) is 0 Å². The molecule has 1 heterocycles. The highest BCUT2D eigenvalue weighted by atomic mass is 16.5. The first-order valence-electron chi connectivity index (χ1n) is 7.59. The molecule has 23 heavy (non-hydrogen) atoms. The second-order valence-electron chi connectivity index (χ2n) is 5.50. The summed E-state index contributed by atoms with van der Waals surface area (Å²) in [6.45, 7) is 2.51. The van der Waals surface area contributed by atoms with E-state index in [1.54, 1.807) is 0 Å². The predicted octanol–water partition coefficient (Wildman–Crippen LogP) is 4.13. The lowest BCUT2D eigenvalue weighted by Gasteiger charge is -2.12. The second kappa shape index (κ2) is 7.07. The average molecular weight is 305 g/mol. The van der Waals surface area contributed by atoms with Crippen LogP contribution in [0.3, 0.4) is 0 Å². The third-order valence-corrected chi connectivity index (χ3v) is 3.69. The lowest BCUT2D eigenvalue weighted by Crippen LogP contribution is -1.97. The summed E-state index contributed by atoms with van der Waals surface area (Å²) in [7, 11) is 0. The summed E-state index contributed by atoms with van der Waals surface area (Å²) in [5.74, 6) is 0.780. The van der Waals surface area contributed by atoms with Gasteiger partial charge in [-0.15, -0.1) is 0 Å². The highest BCUT2D eigenvalue weighted by Crippen LogP contribution is 2.28. The molecule has 3 aromatic rings. The molecule has 0 aliphatic rings. The Morgan fingerprint density at radius 3 is 2.57 bits per heavy atom. The summed E-state index contributed by atoms with van der Waals surface area (Å²) in [5.41, 5.74) is 5.01. The lowest BCUT2D eigenvalue weighted by atomic mass is 10.0. The van der Waals surface area contributed by atoms with Crippen molar-refractivity contribution in [2.75, 3.05) is 0 Å². The van der Waals surface area contributed by atoms with Gasteiger partial charge >= 0.3 is 0 Å². The van der Waals surface area contributed by atoms with Crippen molar-refractivity contribution in [2.24, 2.45) is 0 Å². The van der Waals surface area contributed by atoms with E-state index in [4.69, 9.17) is 4.74 Å². The van der Waals surface area contributed by atoms with Crippen LogP contribution in [0.1, 0.15) is 16.7 Å². The van der Waals surface area contributed by atoms with E-state index in [0.29, 0.717) is 6.61 Å². The molecular weight excluding hydrogens is 286 g/mol. The number of hydrogen-bond acceptors (Lipinski definition) is 3. The standard InChI is InChI=1S/C20H19NO2/c1-15-9-18(12-21-11-15)20-10-19(8-7-17(20)13-22)23-14-16-5-3-2-4-6-16/h2-12,22H,13-14H2,1H3. The van der Waals surface area contributed by atoms with Crippen LogP contribution in [-0.4, -0.2) is 10.1 Å². The average Bonchev–Trinajstić information content (AvgIpc) is 2.60. The van der Waals surface area contributed by atoms with E-state index in [-0.39, 0.29) is 6.61 Å². The van der Waals surface area contributed by atoms with Crippen LogP contribution < -0.4 is 4.74 Å². The third kappa shape index (κ3) is 3.76. The van der Waals surface area contributed by atoms with Crippen LogP contribution in [0.2, 0.25) is 0 Å². The minimum absolute atomic E-state index is 0.0117. The van der Waals surface area contributed by atoms with E-state index >= 15 is 0 Å². The van der Waals surface area contributed by atoms with Gasteiger partial charge in [-0.05, 0) is 47.4 Å². The van der Waals surface area contributed by atoms with Crippen LogP contribution in [0.4, 0.5) is 0 Å². The summed E-state index contributed by atoms with van der Waals surface area (Å²) in [4.78, 5) is 4.24. The lowest BCUT2D eigenvalue weighted by molar-refractivity contribution is 0.281. The fourth-order valence-corrected chi connectivity index (χ4v) is 2.50. The van der Waals surface area contributed by atoms with Gasteiger partial charge in [-0.2, -0.15) is 0 Å². The molecular formula is C20H19NO2. The smallest absolute Gasteiger partial charge is 0.120 e. The maximum absolute atomic E-state index is 9.59. The first-order valence-corrected chi connectivity index (χ1v) is 7.59. The molecule has 3 nitrogen and oxygen atoms in total. The molecule has 2 aromatic carbocycles. The van der Waals surface area contributed by atoms with Crippen molar-refractivity contribution in [3.05, 3.63) is 83.7 Å². The summed E-state index contributed by atoms with van der Waals surface area (Å²) in [6.07, 6.45) is 3.63.